The molecule has 2 aliphatic rings. The van der Waals surface area contributed by atoms with Crippen molar-refractivity contribution in [3.63, 3.8) is 0 Å². The second-order valence-corrected chi connectivity index (χ2v) is 11.8. The highest BCUT2D eigenvalue weighted by Gasteiger charge is 2.24. The van der Waals surface area contributed by atoms with Crippen molar-refractivity contribution in [3.05, 3.63) is 44.3 Å². The smallest absolute Gasteiger partial charge is 0.224 e. The first-order chi connectivity index (χ1) is 17.3. The topological polar surface area (TPSA) is 102 Å². The first-order valence-corrected chi connectivity index (χ1v) is 14.4. The minimum Gasteiger partial charge on any atom is -0.393 e. The maximum absolute atomic E-state index is 9.57. The van der Waals surface area contributed by atoms with Crippen molar-refractivity contribution in [3.8, 4) is 0 Å². The molecule has 6 rings (SSSR count). The van der Waals surface area contributed by atoms with Crippen LogP contribution in [0.5, 0.6) is 0 Å². The van der Waals surface area contributed by atoms with Crippen LogP contribution >= 0.6 is 55.1 Å². The van der Waals surface area contributed by atoms with E-state index in [0.29, 0.717) is 12.1 Å². The zero-order chi connectivity index (χ0) is 25.4. The summed E-state index contributed by atoms with van der Waals surface area (Å²) in [4.78, 5) is 16.7. The molecule has 12 heteroatoms. The average molecular weight is 661 g/mol. The zero-order valence-electron chi connectivity index (χ0n) is 19.4. The quantitative estimate of drug-likeness (QED) is 0.234. The van der Waals surface area contributed by atoms with E-state index in [0.717, 1.165) is 82.4 Å². The van der Waals surface area contributed by atoms with Crippen LogP contribution in [0.2, 0.25) is 10.6 Å². The Morgan fingerprint density at radius 3 is 1.39 bits per heavy atom. The number of hydrogen-bond donors (Lipinski definition) is 2. The molecule has 0 amide bonds. The van der Waals surface area contributed by atoms with Gasteiger partial charge in [-0.1, -0.05) is 0 Å². The number of nitrogens with zero attached hydrogens (tertiary/aromatic N) is 6. The van der Waals surface area contributed by atoms with Gasteiger partial charge in [0.2, 0.25) is 10.6 Å². The van der Waals surface area contributed by atoms with Crippen molar-refractivity contribution in [2.75, 3.05) is 0 Å². The number of aliphatic hydroxyl groups excluding tert-OH is 2. The van der Waals surface area contributed by atoms with Crippen molar-refractivity contribution >= 4 is 77.1 Å². The summed E-state index contributed by atoms with van der Waals surface area (Å²) in [6.07, 6.45) is 14.5. The molecule has 4 heterocycles. The van der Waals surface area contributed by atoms with Crippen LogP contribution in [-0.2, 0) is 0 Å². The standard InChI is InChI=1S/2C12H13BrClN3O/c2*13-10-6-17(7-1-3-8(18)4-2-7)11-9(10)5-15-12(14)16-11/h2*5-8,18H,1-4H2. The molecule has 36 heavy (non-hydrogen) atoms. The third kappa shape index (κ3) is 5.59. The van der Waals surface area contributed by atoms with Crippen molar-refractivity contribution in [1.29, 1.82) is 0 Å². The lowest BCUT2D eigenvalue weighted by Gasteiger charge is -2.26. The molecule has 0 atom stereocenters. The Bertz CT molecular complexity index is 1260. The summed E-state index contributed by atoms with van der Waals surface area (Å²) in [6, 6.07) is 0.765. The Morgan fingerprint density at radius 2 is 1.03 bits per heavy atom. The van der Waals surface area contributed by atoms with Gasteiger partial charge in [-0.25, -0.2) is 9.97 Å². The minimum atomic E-state index is -0.148. The van der Waals surface area contributed by atoms with Gasteiger partial charge in [-0.15, -0.1) is 0 Å². The summed E-state index contributed by atoms with van der Waals surface area (Å²) in [7, 11) is 0. The lowest BCUT2D eigenvalue weighted by molar-refractivity contribution is 0.111. The molecule has 2 N–H and O–H groups in total. The maximum Gasteiger partial charge on any atom is 0.224 e. The number of hydrogen-bond acceptors (Lipinski definition) is 6. The van der Waals surface area contributed by atoms with E-state index in [4.69, 9.17) is 23.2 Å². The van der Waals surface area contributed by atoms with E-state index in [1.54, 1.807) is 12.4 Å². The second kappa shape index (κ2) is 11.2. The third-order valence-electron chi connectivity index (χ3n) is 7.11. The molecule has 192 valence electrons. The van der Waals surface area contributed by atoms with E-state index in [-0.39, 0.29) is 22.8 Å². The Kier molecular flexibility index (Phi) is 8.19. The normalized spacial score (nSPS) is 24.6. The van der Waals surface area contributed by atoms with E-state index in [2.05, 4.69) is 60.9 Å². The van der Waals surface area contributed by atoms with Gasteiger partial charge in [0, 0.05) is 45.8 Å². The predicted octanol–water partition coefficient (Wildman–Crippen LogP) is 6.65. The number of fused-ring (bicyclic) bond motifs is 2. The zero-order valence-corrected chi connectivity index (χ0v) is 24.0. The van der Waals surface area contributed by atoms with Gasteiger partial charge in [-0.05, 0) is 106 Å². The summed E-state index contributed by atoms with van der Waals surface area (Å²) >= 11 is 18.8. The molecule has 0 spiro atoms. The Labute approximate surface area is 235 Å². The highest BCUT2D eigenvalue weighted by atomic mass is 79.9. The summed E-state index contributed by atoms with van der Waals surface area (Å²) in [6.45, 7) is 0. The number of halogens is 4. The Hall–Kier alpha value is -1.30. The van der Waals surface area contributed by atoms with Crippen LogP contribution in [0.4, 0.5) is 0 Å². The van der Waals surface area contributed by atoms with Gasteiger partial charge in [-0.2, -0.15) is 9.97 Å². The summed E-state index contributed by atoms with van der Waals surface area (Å²) in [5.74, 6) is 0. The monoisotopic (exact) mass is 658 g/mol. The van der Waals surface area contributed by atoms with Crippen LogP contribution in [0, 0.1) is 0 Å². The molecule has 0 saturated heterocycles. The van der Waals surface area contributed by atoms with Crippen LogP contribution in [0.1, 0.15) is 63.5 Å². The highest BCUT2D eigenvalue weighted by molar-refractivity contribution is 9.11. The van der Waals surface area contributed by atoms with Crippen LogP contribution in [0.3, 0.4) is 0 Å². The van der Waals surface area contributed by atoms with Crippen molar-refractivity contribution in [2.45, 2.75) is 75.7 Å². The maximum atomic E-state index is 9.57. The van der Waals surface area contributed by atoms with Crippen molar-refractivity contribution in [2.24, 2.45) is 0 Å². The van der Waals surface area contributed by atoms with Crippen LogP contribution < -0.4 is 0 Å². The highest BCUT2D eigenvalue weighted by Crippen LogP contribution is 2.36. The van der Waals surface area contributed by atoms with Crippen LogP contribution in [0.25, 0.3) is 22.1 Å². The van der Waals surface area contributed by atoms with Crippen molar-refractivity contribution in [1.82, 2.24) is 29.1 Å². The Morgan fingerprint density at radius 1 is 0.667 bits per heavy atom. The molecule has 0 aromatic carbocycles. The first-order valence-electron chi connectivity index (χ1n) is 12.0. The first kappa shape index (κ1) is 26.3. The minimum absolute atomic E-state index is 0.148. The van der Waals surface area contributed by atoms with E-state index in [1.807, 2.05) is 12.4 Å². The van der Waals surface area contributed by atoms with E-state index in [1.165, 1.54) is 0 Å². The molecule has 0 aliphatic heterocycles. The second-order valence-electron chi connectivity index (χ2n) is 9.45. The molecule has 8 nitrogen and oxygen atoms in total. The van der Waals surface area contributed by atoms with Gasteiger partial charge in [-0.3, -0.25) is 0 Å². The van der Waals surface area contributed by atoms with Gasteiger partial charge in [0.25, 0.3) is 0 Å². The van der Waals surface area contributed by atoms with E-state index >= 15 is 0 Å². The van der Waals surface area contributed by atoms with Crippen molar-refractivity contribution < 1.29 is 10.2 Å². The van der Waals surface area contributed by atoms with Gasteiger partial charge in [0.15, 0.2) is 0 Å². The molecular weight excluding hydrogens is 635 g/mol. The summed E-state index contributed by atoms with van der Waals surface area (Å²) in [5.41, 5.74) is 1.73. The lowest BCUT2D eigenvalue weighted by Crippen LogP contribution is -2.20. The molecule has 2 aliphatic carbocycles. The number of aromatic nitrogens is 6. The fourth-order valence-corrected chi connectivity index (χ4v) is 6.43. The number of aliphatic hydroxyl groups is 2. The van der Waals surface area contributed by atoms with Gasteiger partial charge >= 0.3 is 0 Å². The fourth-order valence-electron chi connectivity index (χ4n) is 5.17. The molecule has 4 aromatic rings. The molecule has 2 saturated carbocycles. The van der Waals surface area contributed by atoms with Crippen LogP contribution in [0.15, 0.2) is 33.7 Å². The molecule has 0 radical (unpaired) electrons. The molecule has 2 fully saturated rings. The lowest BCUT2D eigenvalue weighted by atomic mass is 9.93. The molecule has 0 bridgehead atoms. The molecule has 0 unspecified atom stereocenters. The van der Waals surface area contributed by atoms with Crippen LogP contribution in [-0.4, -0.2) is 51.5 Å². The van der Waals surface area contributed by atoms with Gasteiger partial charge in [0.1, 0.15) is 11.3 Å². The SMILES string of the molecule is OC1CCC(n2cc(Br)c3cnc(Cl)nc32)CC1.OC1CCC(n2cc(Br)c3cnc(Cl)nc32)CC1. The Balaban J connectivity index is 0.000000148. The molecular formula is C24H26Br2Cl2N6O2. The third-order valence-corrected chi connectivity index (χ3v) is 8.73. The summed E-state index contributed by atoms with van der Waals surface area (Å²) < 4.78 is 6.28. The van der Waals surface area contributed by atoms with Gasteiger partial charge < -0.3 is 19.3 Å². The van der Waals surface area contributed by atoms with E-state index < -0.39 is 0 Å². The summed E-state index contributed by atoms with van der Waals surface area (Å²) in [5, 5.41) is 21.6. The molecule has 4 aromatic heterocycles. The number of rotatable bonds is 2. The largest absolute Gasteiger partial charge is 0.393 e. The van der Waals surface area contributed by atoms with E-state index in [9.17, 15) is 10.2 Å². The average Bonchev–Trinajstić information content (AvgIpc) is 3.36. The fraction of sp³-hybridized carbons (Fsp3) is 0.500. The predicted molar refractivity (Wildman–Crippen MR) is 147 cm³/mol. The van der Waals surface area contributed by atoms with Gasteiger partial charge in [0.05, 0.1) is 23.0 Å².